The van der Waals surface area contributed by atoms with Crippen LogP contribution in [0.25, 0.3) is 0 Å². The molecular formula is C12H26N2O2. The van der Waals surface area contributed by atoms with Crippen molar-refractivity contribution >= 4 is 0 Å². The van der Waals surface area contributed by atoms with E-state index in [0.29, 0.717) is 12.6 Å². The quantitative estimate of drug-likeness (QED) is 0.648. The lowest BCUT2D eigenvalue weighted by molar-refractivity contribution is -0.0693. The highest BCUT2D eigenvalue weighted by molar-refractivity contribution is 4.97. The Bertz CT molecular complexity index is 201. The predicted octanol–water partition coefficient (Wildman–Crippen LogP) is 0.632. The normalized spacial score (nSPS) is 37.3. The molecule has 1 aliphatic rings. The molecule has 1 fully saturated rings. The monoisotopic (exact) mass is 230 g/mol. The smallest absolute Gasteiger partial charge is 0.0568 e. The van der Waals surface area contributed by atoms with E-state index in [2.05, 4.69) is 26.1 Å². The van der Waals surface area contributed by atoms with Crippen molar-refractivity contribution in [2.75, 3.05) is 13.2 Å². The minimum atomic E-state index is -0.0222. The predicted molar refractivity (Wildman–Crippen MR) is 65.3 cm³/mol. The summed E-state index contributed by atoms with van der Waals surface area (Å²) in [5, 5.41) is 12.5. The Labute approximate surface area is 98.5 Å². The zero-order valence-corrected chi connectivity index (χ0v) is 10.7. The number of hydrogen-bond acceptors (Lipinski definition) is 4. The number of rotatable bonds is 5. The van der Waals surface area contributed by atoms with Crippen LogP contribution in [-0.4, -0.2) is 42.0 Å². The van der Waals surface area contributed by atoms with Gasteiger partial charge in [0.25, 0.3) is 0 Å². The third kappa shape index (κ3) is 3.70. The molecule has 0 aromatic heterocycles. The van der Waals surface area contributed by atoms with Gasteiger partial charge in [0.1, 0.15) is 0 Å². The van der Waals surface area contributed by atoms with Crippen molar-refractivity contribution in [1.82, 2.24) is 5.32 Å². The summed E-state index contributed by atoms with van der Waals surface area (Å²) in [5.41, 5.74) is 5.90. The van der Waals surface area contributed by atoms with Crippen LogP contribution < -0.4 is 11.1 Å². The van der Waals surface area contributed by atoms with Crippen molar-refractivity contribution in [3.63, 3.8) is 0 Å². The highest BCUT2D eigenvalue weighted by Crippen LogP contribution is 2.28. The van der Waals surface area contributed by atoms with Gasteiger partial charge in [0, 0.05) is 24.7 Å². The van der Waals surface area contributed by atoms with Crippen molar-refractivity contribution in [3.05, 3.63) is 0 Å². The van der Waals surface area contributed by atoms with Gasteiger partial charge in [-0.25, -0.2) is 0 Å². The van der Waals surface area contributed by atoms with Crippen molar-refractivity contribution in [1.29, 1.82) is 0 Å². The molecule has 1 saturated heterocycles. The highest BCUT2D eigenvalue weighted by atomic mass is 16.5. The second-order valence-electron chi connectivity index (χ2n) is 5.21. The first-order chi connectivity index (χ1) is 7.51. The van der Waals surface area contributed by atoms with Crippen LogP contribution in [0.5, 0.6) is 0 Å². The molecule has 1 rings (SSSR count). The van der Waals surface area contributed by atoms with Gasteiger partial charge in [0.05, 0.1) is 12.2 Å². The van der Waals surface area contributed by atoms with E-state index in [9.17, 15) is 0 Å². The summed E-state index contributed by atoms with van der Waals surface area (Å²) in [6.45, 7) is 7.13. The molecule has 0 aromatic rings. The van der Waals surface area contributed by atoms with Crippen LogP contribution in [0, 0.1) is 0 Å². The number of ether oxygens (including phenoxy) is 1. The van der Waals surface area contributed by atoms with Gasteiger partial charge in [0.15, 0.2) is 0 Å². The van der Waals surface area contributed by atoms with Crippen molar-refractivity contribution in [2.24, 2.45) is 5.73 Å². The molecule has 4 nitrogen and oxygen atoms in total. The van der Waals surface area contributed by atoms with E-state index in [-0.39, 0.29) is 24.4 Å². The van der Waals surface area contributed by atoms with Gasteiger partial charge in [0.2, 0.25) is 0 Å². The first-order valence-corrected chi connectivity index (χ1v) is 6.25. The first-order valence-electron chi connectivity index (χ1n) is 6.25. The lowest BCUT2D eigenvalue weighted by Gasteiger charge is -2.44. The Morgan fingerprint density at radius 1 is 1.44 bits per heavy atom. The average molecular weight is 230 g/mol. The minimum Gasteiger partial charge on any atom is -0.396 e. The van der Waals surface area contributed by atoms with Gasteiger partial charge < -0.3 is 20.9 Å². The molecule has 1 heterocycles. The number of aliphatic hydroxyl groups excluding tert-OH is 1. The molecule has 3 unspecified atom stereocenters. The van der Waals surface area contributed by atoms with E-state index in [1.165, 1.54) is 0 Å². The van der Waals surface area contributed by atoms with Gasteiger partial charge in [-0.15, -0.1) is 0 Å². The molecule has 0 aromatic carbocycles. The van der Waals surface area contributed by atoms with Crippen LogP contribution in [0.2, 0.25) is 0 Å². The number of nitrogens with one attached hydrogen (secondary N) is 1. The zero-order chi connectivity index (χ0) is 12.2. The second-order valence-corrected chi connectivity index (χ2v) is 5.21. The summed E-state index contributed by atoms with van der Waals surface area (Å²) < 4.78 is 5.74. The van der Waals surface area contributed by atoms with E-state index in [0.717, 1.165) is 19.3 Å². The Morgan fingerprint density at radius 3 is 2.44 bits per heavy atom. The third-order valence-electron chi connectivity index (χ3n) is 3.33. The Balaban J connectivity index is 2.61. The molecule has 4 N–H and O–H groups in total. The van der Waals surface area contributed by atoms with Crippen LogP contribution in [0.4, 0.5) is 0 Å². The van der Waals surface area contributed by atoms with Crippen LogP contribution in [-0.2, 0) is 4.74 Å². The van der Waals surface area contributed by atoms with Crippen LogP contribution in [0.3, 0.4) is 0 Å². The van der Waals surface area contributed by atoms with Gasteiger partial charge in [-0.3, -0.25) is 0 Å². The number of nitrogens with two attached hydrogens (primary N) is 1. The van der Waals surface area contributed by atoms with Crippen molar-refractivity contribution in [3.8, 4) is 0 Å². The molecular weight excluding hydrogens is 204 g/mol. The van der Waals surface area contributed by atoms with Gasteiger partial charge in [-0.2, -0.15) is 0 Å². The van der Waals surface area contributed by atoms with Crippen LogP contribution in [0.15, 0.2) is 0 Å². The molecule has 96 valence electrons. The minimum absolute atomic E-state index is 0.0222. The fourth-order valence-electron chi connectivity index (χ4n) is 2.81. The van der Waals surface area contributed by atoms with Gasteiger partial charge in [-0.05, 0) is 40.0 Å². The van der Waals surface area contributed by atoms with E-state index in [1.54, 1.807) is 0 Å². The van der Waals surface area contributed by atoms with E-state index >= 15 is 0 Å². The average Bonchev–Trinajstić information content (AvgIpc) is 2.16. The Hall–Kier alpha value is -0.160. The summed E-state index contributed by atoms with van der Waals surface area (Å²) in [4.78, 5) is 0. The zero-order valence-electron chi connectivity index (χ0n) is 10.7. The second kappa shape index (κ2) is 5.96. The standard InChI is InChI=1S/C12H26N2O2/c1-9(4-5-15)14-12(8-13)6-10(2)16-11(3)7-12/h9-11,14-15H,4-8,13H2,1-3H3. The van der Waals surface area contributed by atoms with Crippen molar-refractivity contribution < 1.29 is 9.84 Å². The Kier molecular flexibility index (Phi) is 5.18. The highest BCUT2D eigenvalue weighted by Gasteiger charge is 2.38. The topological polar surface area (TPSA) is 67.5 Å². The maximum atomic E-state index is 8.93. The van der Waals surface area contributed by atoms with Crippen molar-refractivity contribution in [2.45, 2.75) is 63.8 Å². The fourth-order valence-corrected chi connectivity index (χ4v) is 2.81. The van der Waals surface area contributed by atoms with E-state index < -0.39 is 0 Å². The summed E-state index contributed by atoms with van der Waals surface area (Å²) in [6, 6.07) is 0.297. The Morgan fingerprint density at radius 2 is 2.00 bits per heavy atom. The molecule has 0 radical (unpaired) electrons. The number of hydrogen-bond donors (Lipinski definition) is 3. The molecule has 3 atom stereocenters. The molecule has 0 aliphatic carbocycles. The molecule has 4 heteroatoms. The number of aliphatic hydroxyl groups is 1. The lowest BCUT2D eigenvalue weighted by atomic mass is 9.83. The first kappa shape index (κ1) is 13.9. The molecule has 0 amide bonds. The van der Waals surface area contributed by atoms with Gasteiger partial charge >= 0.3 is 0 Å². The van der Waals surface area contributed by atoms with E-state index in [4.69, 9.17) is 15.6 Å². The van der Waals surface area contributed by atoms with E-state index in [1.807, 2.05) is 0 Å². The molecule has 16 heavy (non-hydrogen) atoms. The van der Waals surface area contributed by atoms with Crippen LogP contribution in [0.1, 0.15) is 40.0 Å². The SMILES string of the molecule is CC(CCO)NC1(CN)CC(C)OC(C)C1. The maximum Gasteiger partial charge on any atom is 0.0568 e. The molecule has 0 spiro atoms. The molecule has 0 bridgehead atoms. The van der Waals surface area contributed by atoms with Gasteiger partial charge in [-0.1, -0.05) is 0 Å². The summed E-state index contributed by atoms with van der Waals surface area (Å²) in [5.74, 6) is 0. The fraction of sp³-hybridized carbons (Fsp3) is 1.00. The largest absolute Gasteiger partial charge is 0.396 e. The summed E-state index contributed by atoms with van der Waals surface area (Å²) in [6.07, 6.45) is 3.17. The summed E-state index contributed by atoms with van der Waals surface area (Å²) >= 11 is 0. The third-order valence-corrected chi connectivity index (χ3v) is 3.33. The lowest BCUT2D eigenvalue weighted by Crippen LogP contribution is -2.60. The maximum absolute atomic E-state index is 8.93. The molecule has 0 saturated carbocycles. The summed E-state index contributed by atoms with van der Waals surface area (Å²) in [7, 11) is 0. The van der Waals surface area contributed by atoms with Crippen LogP contribution >= 0.6 is 0 Å². The molecule has 1 aliphatic heterocycles.